The predicted molar refractivity (Wildman–Crippen MR) is 71.9 cm³/mol. The summed E-state index contributed by atoms with van der Waals surface area (Å²) >= 11 is 5.81. The number of hydrogen-bond acceptors (Lipinski definition) is 3. The highest BCUT2D eigenvalue weighted by Crippen LogP contribution is 2.32. The first-order valence-corrected chi connectivity index (χ1v) is 7.18. The molecule has 0 radical (unpaired) electrons. The molecular formula is C13H24ClNO3. The van der Waals surface area contributed by atoms with Crippen LogP contribution >= 0.6 is 11.6 Å². The lowest BCUT2D eigenvalue weighted by atomic mass is 9.80. The third-order valence-corrected chi connectivity index (χ3v) is 3.66. The summed E-state index contributed by atoms with van der Waals surface area (Å²) in [5.41, 5.74) is 0. The average molecular weight is 278 g/mol. The Morgan fingerprint density at radius 1 is 1.50 bits per heavy atom. The second kappa shape index (κ2) is 8.73. The van der Waals surface area contributed by atoms with Gasteiger partial charge in [0.1, 0.15) is 0 Å². The van der Waals surface area contributed by atoms with Gasteiger partial charge in [0.2, 0.25) is 5.91 Å². The number of amides is 1. The molecule has 0 saturated heterocycles. The zero-order valence-electron chi connectivity index (χ0n) is 11.3. The van der Waals surface area contributed by atoms with E-state index in [2.05, 4.69) is 5.32 Å². The molecule has 1 aliphatic carbocycles. The second-order valence-electron chi connectivity index (χ2n) is 4.82. The monoisotopic (exact) mass is 277 g/mol. The minimum absolute atomic E-state index is 0.0156. The van der Waals surface area contributed by atoms with Crippen LogP contribution in [-0.4, -0.2) is 44.3 Å². The van der Waals surface area contributed by atoms with Gasteiger partial charge in [-0.15, -0.1) is 11.6 Å². The molecule has 5 heteroatoms. The Bertz CT molecular complexity index is 244. The van der Waals surface area contributed by atoms with Crippen LogP contribution in [0.25, 0.3) is 0 Å². The molecule has 0 heterocycles. The maximum atomic E-state index is 11.8. The smallest absolute Gasteiger partial charge is 0.220 e. The molecule has 1 saturated carbocycles. The van der Waals surface area contributed by atoms with Crippen molar-refractivity contribution in [1.82, 2.24) is 5.32 Å². The van der Waals surface area contributed by atoms with Crippen molar-refractivity contribution in [2.24, 2.45) is 5.92 Å². The fraction of sp³-hybridized carbons (Fsp3) is 0.923. The van der Waals surface area contributed by atoms with Crippen molar-refractivity contribution in [1.29, 1.82) is 0 Å². The number of carbonyl (C=O) groups excluding carboxylic acids is 1. The van der Waals surface area contributed by atoms with Crippen LogP contribution in [0.5, 0.6) is 0 Å². The highest BCUT2D eigenvalue weighted by molar-refractivity contribution is 6.18. The molecule has 1 atom stereocenters. The first kappa shape index (κ1) is 15.7. The van der Waals surface area contributed by atoms with Crippen LogP contribution in [0.1, 0.15) is 32.6 Å². The third kappa shape index (κ3) is 5.55. The Labute approximate surface area is 114 Å². The molecule has 0 aromatic rings. The number of alkyl halides is 1. The lowest BCUT2D eigenvalue weighted by Crippen LogP contribution is -2.40. The fourth-order valence-electron chi connectivity index (χ4n) is 2.21. The SMILES string of the molecule is CCOC1CC(CC(=O)NC(CCl)CCOC)C1. The van der Waals surface area contributed by atoms with Gasteiger partial charge < -0.3 is 14.8 Å². The number of methoxy groups -OCH3 is 1. The molecule has 1 rings (SSSR count). The van der Waals surface area contributed by atoms with E-state index in [1.165, 1.54) is 0 Å². The van der Waals surface area contributed by atoms with Crippen molar-refractivity contribution in [3.8, 4) is 0 Å². The number of ether oxygens (including phenoxy) is 2. The lowest BCUT2D eigenvalue weighted by molar-refractivity contribution is -0.125. The van der Waals surface area contributed by atoms with E-state index in [-0.39, 0.29) is 11.9 Å². The standard InChI is InChI=1S/C13H24ClNO3/c1-3-18-12-6-10(7-12)8-13(16)15-11(9-14)4-5-17-2/h10-12H,3-9H2,1-2H3,(H,15,16). The lowest BCUT2D eigenvalue weighted by Gasteiger charge is -2.34. The molecule has 0 aromatic heterocycles. The fourth-order valence-corrected chi connectivity index (χ4v) is 2.44. The number of hydrogen-bond donors (Lipinski definition) is 1. The normalized spacial score (nSPS) is 24.4. The molecule has 0 aliphatic heterocycles. The van der Waals surface area contributed by atoms with E-state index in [4.69, 9.17) is 21.1 Å². The highest BCUT2D eigenvalue weighted by atomic mass is 35.5. The van der Waals surface area contributed by atoms with Crippen molar-refractivity contribution in [3.05, 3.63) is 0 Å². The molecule has 0 aromatic carbocycles. The molecule has 0 spiro atoms. The molecule has 1 amide bonds. The Kier molecular flexibility index (Phi) is 7.63. The van der Waals surface area contributed by atoms with Gasteiger partial charge >= 0.3 is 0 Å². The zero-order chi connectivity index (χ0) is 13.4. The summed E-state index contributed by atoms with van der Waals surface area (Å²) in [5.74, 6) is 0.998. The second-order valence-corrected chi connectivity index (χ2v) is 5.13. The zero-order valence-corrected chi connectivity index (χ0v) is 12.0. The van der Waals surface area contributed by atoms with Gasteiger partial charge in [-0.25, -0.2) is 0 Å². The van der Waals surface area contributed by atoms with Crippen LogP contribution in [0.2, 0.25) is 0 Å². The Balaban J connectivity index is 2.13. The van der Waals surface area contributed by atoms with Gasteiger partial charge in [-0.3, -0.25) is 4.79 Å². The minimum Gasteiger partial charge on any atom is -0.385 e. The summed E-state index contributed by atoms with van der Waals surface area (Å²) in [4.78, 5) is 11.8. The summed E-state index contributed by atoms with van der Waals surface area (Å²) in [6, 6.07) is 0.0156. The van der Waals surface area contributed by atoms with Crippen LogP contribution in [0, 0.1) is 5.92 Å². The van der Waals surface area contributed by atoms with Crippen molar-refractivity contribution in [2.45, 2.75) is 44.8 Å². The minimum atomic E-state index is 0.0156. The molecule has 106 valence electrons. The van der Waals surface area contributed by atoms with Crippen molar-refractivity contribution < 1.29 is 14.3 Å². The van der Waals surface area contributed by atoms with Gasteiger partial charge in [0, 0.05) is 38.7 Å². The quantitative estimate of drug-likeness (QED) is 0.656. The van der Waals surface area contributed by atoms with Gasteiger partial charge in [0.25, 0.3) is 0 Å². The van der Waals surface area contributed by atoms with E-state index < -0.39 is 0 Å². The van der Waals surface area contributed by atoms with E-state index in [1.807, 2.05) is 6.92 Å². The summed E-state index contributed by atoms with van der Waals surface area (Å²) in [6.45, 7) is 3.38. The highest BCUT2D eigenvalue weighted by Gasteiger charge is 2.31. The molecule has 1 fully saturated rings. The maximum absolute atomic E-state index is 11.8. The summed E-state index contributed by atoms with van der Waals surface area (Å²) < 4.78 is 10.5. The Morgan fingerprint density at radius 3 is 2.78 bits per heavy atom. The summed E-state index contributed by atoms with van der Waals surface area (Å²) in [6.07, 6.45) is 3.72. The van der Waals surface area contributed by atoms with E-state index in [1.54, 1.807) is 7.11 Å². The first-order chi connectivity index (χ1) is 8.69. The third-order valence-electron chi connectivity index (χ3n) is 3.29. The molecule has 18 heavy (non-hydrogen) atoms. The van der Waals surface area contributed by atoms with E-state index in [0.717, 1.165) is 25.9 Å². The number of halogens is 1. The van der Waals surface area contributed by atoms with Crippen LogP contribution in [0.4, 0.5) is 0 Å². The van der Waals surface area contributed by atoms with Crippen molar-refractivity contribution in [3.63, 3.8) is 0 Å². The van der Waals surface area contributed by atoms with E-state index >= 15 is 0 Å². The van der Waals surface area contributed by atoms with Crippen LogP contribution in [-0.2, 0) is 14.3 Å². The van der Waals surface area contributed by atoms with Gasteiger partial charge in [-0.2, -0.15) is 0 Å². The predicted octanol–water partition coefficient (Wildman–Crippen LogP) is 1.95. The topological polar surface area (TPSA) is 47.6 Å². The van der Waals surface area contributed by atoms with Gasteiger partial charge in [0.15, 0.2) is 0 Å². The number of carbonyl (C=O) groups is 1. The van der Waals surface area contributed by atoms with Gasteiger partial charge in [0.05, 0.1) is 6.10 Å². The average Bonchev–Trinajstić information content (AvgIpc) is 2.31. The van der Waals surface area contributed by atoms with E-state index in [0.29, 0.717) is 30.9 Å². The van der Waals surface area contributed by atoms with Crippen molar-refractivity contribution >= 4 is 17.5 Å². The van der Waals surface area contributed by atoms with Crippen LogP contribution in [0.15, 0.2) is 0 Å². The Hall–Kier alpha value is -0.320. The molecular weight excluding hydrogens is 254 g/mol. The number of nitrogens with one attached hydrogen (secondary N) is 1. The van der Waals surface area contributed by atoms with E-state index in [9.17, 15) is 4.79 Å². The van der Waals surface area contributed by atoms with Crippen LogP contribution < -0.4 is 5.32 Å². The largest absolute Gasteiger partial charge is 0.385 e. The van der Waals surface area contributed by atoms with Gasteiger partial charge in [-0.05, 0) is 32.1 Å². The maximum Gasteiger partial charge on any atom is 0.220 e. The Morgan fingerprint density at radius 2 is 2.22 bits per heavy atom. The molecule has 1 unspecified atom stereocenters. The van der Waals surface area contributed by atoms with Crippen molar-refractivity contribution in [2.75, 3.05) is 26.2 Å². The molecule has 4 nitrogen and oxygen atoms in total. The summed E-state index contributed by atoms with van der Waals surface area (Å²) in [5, 5.41) is 2.96. The van der Waals surface area contributed by atoms with Gasteiger partial charge in [-0.1, -0.05) is 0 Å². The first-order valence-electron chi connectivity index (χ1n) is 6.65. The molecule has 0 bridgehead atoms. The summed E-state index contributed by atoms with van der Waals surface area (Å²) in [7, 11) is 1.65. The molecule has 1 N–H and O–H groups in total. The number of rotatable bonds is 9. The molecule has 1 aliphatic rings. The van der Waals surface area contributed by atoms with Crippen LogP contribution in [0.3, 0.4) is 0 Å².